The lowest BCUT2D eigenvalue weighted by Gasteiger charge is -2.23. The van der Waals surface area contributed by atoms with Gasteiger partial charge in [0.1, 0.15) is 17.2 Å². The molecule has 3 N–H and O–H groups in total. The molecule has 0 bridgehead atoms. The van der Waals surface area contributed by atoms with Crippen LogP contribution in [0.4, 0.5) is 24.5 Å². The first-order chi connectivity index (χ1) is 17.2. The number of anilines is 2. The number of fused-ring (bicyclic) bond motifs is 2. The van der Waals surface area contributed by atoms with E-state index in [2.05, 4.69) is 5.32 Å². The topological polar surface area (TPSA) is 86.6 Å². The predicted molar refractivity (Wildman–Crippen MR) is 130 cm³/mol. The van der Waals surface area contributed by atoms with Crippen molar-refractivity contribution >= 4 is 22.9 Å². The van der Waals surface area contributed by atoms with Crippen molar-refractivity contribution in [2.45, 2.75) is 52.4 Å². The van der Waals surface area contributed by atoms with E-state index >= 15 is 13.2 Å². The fraction of sp³-hybridized carbons (Fsp3) is 0.286. The number of ketones is 2. The summed E-state index contributed by atoms with van der Waals surface area (Å²) in [5.41, 5.74) is -2.33. The Bertz CT molecular complexity index is 1360. The third kappa shape index (κ3) is 4.10. The second-order valence-corrected chi connectivity index (χ2v) is 8.86. The monoisotopic (exact) mass is 497 g/mol. The minimum Gasteiger partial charge on any atom is -0.507 e. The zero-order valence-electron chi connectivity index (χ0n) is 20.0. The molecule has 0 radical (unpaired) electrons. The van der Waals surface area contributed by atoms with E-state index in [0.29, 0.717) is 18.5 Å². The van der Waals surface area contributed by atoms with Crippen LogP contribution in [0.3, 0.4) is 0 Å². The number of phenolic OH excluding ortho intramolecular Hbond substituents is 2. The highest BCUT2D eigenvalue weighted by atomic mass is 19.2. The van der Waals surface area contributed by atoms with E-state index in [-0.39, 0.29) is 0 Å². The Balaban J connectivity index is 1.91. The molecular weight excluding hydrogens is 471 g/mol. The molecule has 4 rings (SSSR count). The van der Waals surface area contributed by atoms with Crippen LogP contribution in [0.25, 0.3) is 0 Å². The maximum Gasteiger partial charge on any atom is 0.201 e. The van der Waals surface area contributed by atoms with E-state index in [1.807, 2.05) is 32.0 Å². The average Bonchev–Trinajstić information content (AvgIpc) is 2.86. The van der Waals surface area contributed by atoms with Crippen molar-refractivity contribution in [2.24, 2.45) is 0 Å². The van der Waals surface area contributed by atoms with E-state index in [1.165, 1.54) is 0 Å². The molecule has 8 heteroatoms. The molecule has 0 unspecified atom stereocenters. The number of unbranched alkanes of at least 4 members (excludes halogenated alkanes) is 2. The highest BCUT2D eigenvalue weighted by molar-refractivity contribution is 6.30. The number of benzene rings is 3. The van der Waals surface area contributed by atoms with Crippen molar-refractivity contribution < 1.29 is 33.0 Å². The molecule has 0 spiro atoms. The van der Waals surface area contributed by atoms with E-state index in [1.54, 1.807) is 0 Å². The molecule has 5 nitrogen and oxygen atoms in total. The van der Waals surface area contributed by atoms with Crippen molar-refractivity contribution in [3.8, 4) is 11.5 Å². The van der Waals surface area contributed by atoms with Gasteiger partial charge >= 0.3 is 0 Å². The summed E-state index contributed by atoms with van der Waals surface area (Å²) >= 11 is 0. The highest BCUT2D eigenvalue weighted by Gasteiger charge is 2.41. The average molecular weight is 498 g/mol. The first kappa shape index (κ1) is 25.3. The summed E-state index contributed by atoms with van der Waals surface area (Å²) in [6.45, 7) is 4.03. The van der Waals surface area contributed by atoms with Crippen LogP contribution in [-0.2, 0) is 12.8 Å². The normalized spacial score (nSPS) is 12.5. The largest absolute Gasteiger partial charge is 0.507 e. The van der Waals surface area contributed by atoms with Gasteiger partial charge in [0.05, 0.1) is 22.3 Å². The first-order valence-corrected chi connectivity index (χ1v) is 11.9. The van der Waals surface area contributed by atoms with E-state index in [4.69, 9.17) is 0 Å². The lowest BCUT2D eigenvalue weighted by atomic mass is 9.82. The van der Waals surface area contributed by atoms with Crippen molar-refractivity contribution in [3.05, 3.63) is 81.2 Å². The molecule has 0 aromatic heterocycles. The van der Waals surface area contributed by atoms with Crippen LogP contribution in [0.15, 0.2) is 30.3 Å². The van der Waals surface area contributed by atoms with E-state index in [9.17, 15) is 19.8 Å². The number of phenols is 2. The number of aromatic hydroxyl groups is 2. The van der Waals surface area contributed by atoms with Crippen molar-refractivity contribution in [3.63, 3.8) is 0 Å². The van der Waals surface area contributed by atoms with Gasteiger partial charge < -0.3 is 15.5 Å². The molecule has 0 saturated carbocycles. The molecular formula is C28H26F3NO4. The van der Waals surface area contributed by atoms with Crippen molar-refractivity contribution in [1.29, 1.82) is 0 Å². The van der Waals surface area contributed by atoms with Crippen LogP contribution in [0.2, 0.25) is 0 Å². The molecule has 0 saturated heterocycles. The number of carbonyl (C=O) groups excluding carboxylic acids is 2. The lowest BCUT2D eigenvalue weighted by molar-refractivity contribution is 0.0966. The van der Waals surface area contributed by atoms with Gasteiger partial charge in [-0.2, -0.15) is 0 Å². The van der Waals surface area contributed by atoms with Crippen LogP contribution < -0.4 is 5.32 Å². The molecule has 0 atom stereocenters. The van der Waals surface area contributed by atoms with Gasteiger partial charge in [-0.3, -0.25) is 9.59 Å². The third-order valence-electron chi connectivity index (χ3n) is 6.48. The Kier molecular flexibility index (Phi) is 7.06. The van der Waals surface area contributed by atoms with Gasteiger partial charge in [0.15, 0.2) is 17.5 Å². The van der Waals surface area contributed by atoms with Crippen LogP contribution in [0, 0.1) is 17.5 Å². The molecule has 3 aromatic carbocycles. The third-order valence-corrected chi connectivity index (χ3v) is 6.48. The fourth-order valence-electron chi connectivity index (χ4n) is 4.58. The number of carbonyl (C=O) groups is 2. The van der Waals surface area contributed by atoms with E-state index < -0.39 is 68.5 Å². The molecule has 0 heterocycles. The maximum absolute atomic E-state index is 15.8. The SMILES string of the molecule is CCCCc1cccc(CCCC)c1Nc1c(F)c(F)c2c(c1F)C(=O)c1c(O)ccc(O)c1C2=O. The predicted octanol–water partition coefficient (Wildman–Crippen LogP) is 6.72. The molecule has 0 aliphatic heterocycles. The Morgan fingerprint density at radius 2 is 1.14 bits per heavy atom. The van der Waals surface area contributed by atoms with E-state index in [0.717, 1.165) is 48.9 Å². The lowest BCUT2D eigenvalue weighted by Crippen LogP contribution is -2.26. The number of nitrogens with one attached hydrogen (secondary N) is 1. The van der Waals surface area contributed by atoms with Gasteiger partial charge in [0, 0.05) is 5.69 Å². The summed E-state index contributed by atoms with van der Waals surface area (Å²) in [5.74, 6) is -8.71. The van der Waals surface area contributed by atoms with Crippen LogP contribution in [0.1, 0.15) is 82.5 Å². The van der Waals surface area contributed by atoms with Gasteiger partial charge in [-0.05, 0) is 48.9 Å². The molecule has 1 aliphatic rings. The summed E-state index contributed by atoms with van der Waals surface area (Å²) < 4.78 is 46.4. The number of hydrogen-bond donors (Lipinski definition) is 3. The zero-order chi connectivity index (χ0) is 26.1. The van der Waals surface area contributed by atoms with Gasteiger partial charge in [0.25, 0.3) is 0 Å². The number of halogens is 3. The summed E-state index contributed by atoms with van der Waals surface area (Å²) in [7, 11) is 0. The fourth-order valence-corrected chi connectivity index (χ4v) is 4.58. The molecule has 3 aromatic rings. The van der Waals surface area contributed by atoms with Gasteiger partial charge in [-0.25, -0.2) is 13.2 Å². The van der Waals surface area contributed by atoms with Crippen molar-refractivity contribution in [2.75, 3.05) is 5.32 Å². The zero-order valence-corrected chi connectivity index (χ0v) is 20.0. The van der Waals surface area contributed by atoms with Gasteiger partial charge in [-0.1, -0.05) is 44.9 Å². The number of para-hydroxylation sites is 1. The summed E-state index contributed by atoms with van der Waals surface area (Å²) in [6, 6.07) is 7.41. The number of aryl methyl sites for hydroxylation is 2. The Morgan fingerprint density at radius 3 is 1.61 bits per heavy atom. The molecule has 188 valence electrons. The minimum absolute atomic E-state index is 0.437. The maximum atomic E-state index is 15.8. The van der Waals surface area contributed by atoms with Crippen LogP contribution in [0.5, 0.6) is 11.5 Å². The Morgan fingerprint density at radius 1 is 0.667 bits per heavy atom. The first-order valence-electron chi connectivity index (χ1n) is 11.9. The highest BCUT2D eigenvalue weighted by Crippen LogP contribution is 2.42. The van der Waals surface area contributed by atoms with Crippen LogP contribution >= 0.6 is 0 Å². The molecule has 0 fully saturated rings. The summed E-state index contributed by atoms with van der Waals surface area (Å²) in [6.07, 6.45) is 4.66. The molecule has 1 aliphatic carbocycles. The van der Waals surface area contributed by atoms with Crippen LogP contribution in [-0.4, -0.2) is 21.8 Å². The summed E-state index contributed by atoms with van der Waals surface area (Å²) in [4.78, 5) is 26.1. The summed E-state index contributed by atoms with van der Waals surface area (Å²) in [5, 5.41) is 22.9. The standard InChI is InChI=1S/C28H26F3NO4/c1-3-5-8-14-10-7-11-15(9-6-4-2)25(14)32-26-23(30)21-20(22(29)24(26)31)27(35)18-16(33)12-13-17(34)19(18)28(21)36/h7,10-13,32-34H,3-6,8-9H2,1-2H3. The number of hydrogen-bond acceptors (Lipinski definition) is 5. The molecule has 36 heavy (non-hydrogen) atoms. The van der Waals surface area contributed by atoms with Crippen molar-refractivity contribution in [1.82, 2.24) is 0 Å². The minimum atomic E-state index is -1.71. The second-order valence-electron chi connectivity index (χ2n) is 8.86. The quantitative estimate of drug-likeness (QED) is 0.186. The Hall–Kier alpha value is -3.81. The molecule has 0 amide bonds. The Labute approximate surface area is 206 Å². The van der Waals surface area contributed by atoms with Gasteiger partial charge in [-0.15, -0.1) is 0 Å². The smallest absolute Gasteiger partial charge is 0.201 e. The second kappa shape index (κ2) is 10.0. The van der Waals surface area contributed by atoms with Gasteiger partial charge in [0.2, 0.25) is 11.6 Å². The number of rotatable bonds is 8.